The van der Waals surface area contributed by atoms with Gasteiger partial charge >= 0.3 is 5.97 Å². The summed E-state index contributed by atoms with van der Waals surface area (Å²) in [6.07, 6.45) is 5.37. The zero-order chi connectivity index (χ0) is 16.7. The van der Waals surface area contributed by atoms with E-state index in [2.05, 4.69) is 0 Å². The van der Waals surface area contributed by atoms with Crippen LogP contribution in [0, 0.1) is 0 Å². The molecule has 23 heavy (non-hydrogen) atoms. The summed E-state index contributed by atoms with van der Waals surface area (Å²) in [5.74, 6) is -0.434. The van der Waals surface area contributed by atoms with E-state index in [1.165, 1.54) is 20.5 Å². The highest BCUT2D eigenvalue weighted by Crippen LogP contribution is 2.18. The molecule has 2 aromatic rings. The van der Waals surface area contributed by atoms with E-state index in [0.717, 1.165) is 16.7 Å². The molecule has 0 bridgehead atoms. The first-order chi connectivity index (χ1) is 11.1. The number of hydrogen-bond donors (Lipinski definition) is 0. The van der Waals surface area contributed by atoms with E-state index >= 15 is 0 Å². The monoisotopic (exact) mass is 328 g/mol. The molecule has 0 aromatic heterocycles. The lowest BCUT2D eigenvalue weighted by molar-refractivity contribution is -0.133. The normalized spacial score (nSPS) is 11.5. The minimum absolute atomic E-state index is 0.378. The molecule has 0 spiro atoms. The smallest absolute Gasteiger partial charge is 0.341 e. The summed E-state index contributed by atoms with van der Waals surface area (Å²) in [6.45, 7) is 0. The van der Waals surface area contributed by atoms with Gasteiger partial charge in [0.1, 0.15) is 5.57 Å². The van der Waals surface area contributed by atoms with Crippen molar-refractivity contribution in [2.75, 3.05) is 14.2 Å². The number of rotatable bonds is 5. The highest BCUT2D eigenvalue weighted by atomic mass is 35.5. The van der Waals surface area contributed by atoms with Gasteiger partial charge in [-0.05, 0) is 28.8 Å². The summed E-state index contributed by atoms with van der Waals surface area (Å²) in [4.78, 5) is 11.7. The van der Waals surface area contributed by atoms with E-state index in [-0.39, 0.29) is 0 Å². The van der Waals surface area contributed by atoms with Crippen molar-refractivity contribution in [2.45, 2.75) is 0 Å². The zero-order valence-electron chi connectivity index (χ0n) is 13.0. The van der Waals surface area contributed by atoms with Crippen molar-refractivity contribution in [3.05, 3.63) is 76.5 Å². The molecule has 0 atom stereocenters. The highest BCUT2D eigenvalue weighted by Gasteiger charge is 2.12. The molecule has 2 rings (SSSR count). The minimum atomic E-state index is -0.434. The Kier molecular flexibility index (Phi) is 6.01. The van der Waals surface area contributed by atoms with Crippen LogP contribution in [0.5, 0.6) is 0 Å². The van der Waals surface area contributed by atoms with E-state index in [9.17, 15) is 4.79 Å². The van der Waals surface area contributed by atoms with Gasteiger partial charge in [0.15, 0.2) is 0 Å². The Bertz CT molecular complexity index is 713. The second-order valence-electron chi connectivity index (χ2n) is 4.77. The number of hydrogen-bond acceptors (Lipinski definition) is 3. The van der Waals surface area contributed by atoms with Crippen LogP contribution < -0.4 is 0 Å². The van der Waals surface area contributed by atoms with Crippen LogP contribution in [0.4, 0.5) is 0 Å². The van der Waals surface area contributed by atoms with Gasteiger partial charge in [-0.25, -0.2) is 4.79 Å². The van der Waals surface area contributed by atoms with Crippen LogP contribution in [0.1, 0.15) is 16.7 Å². The lowest BCUT2D eigenvalue weighted by Crippen LogP contribution is -2.04. The number of esters is 1. The Morgan fingerprint density at radius 2 is 1.43 bits per heavy atom. The number of benzene rings is 2. The molecular weight excluding hydrogens is 312 g/mol. The van der Waals surface area contributed by atoms with Crippen LogP contribution in [0.25, 0.3) is 17.7 Å². The van der Waals surface area contributed by atoms with Gasteiger partial charge in [0.25, 0.3) is 0 Å². The lowest BCUT2D eigenvalue weighted by atomic mass is 10.0. The number of ether oxygens (including phenoxy) is 2. The van der Waals surface area contributed by atoms with Crippen molar-refractivity contribution >= 4 is 35.3 Å². The van der Waals surface area contributed by atoms with Crippen molar-refractivity contribution in [1.82, 2.24) is 0 Å². The number of halogens is 1. The molecule has 0 aliphatic rings. The van der Waals surface area contributed by atoms with Crippen molar-refractivity contribution in [3.63, 3.8) is 0 Å². The molecule has 0 saturated heterocycles. The molecule has 0 saturated carbocycles. The summed E-state index contributed by atoms with van der Waals surface area (Å²) >= 11 is 5.86. The molecule has 0 aliphatic heterocycles. The second kappa shape index (κ2) is 8.20. The van der Waals surface area contributed by atoms with Crippen LogP contribution in [0.3, 0.4) is 0 Å². The fourth-order valence-electron chi connectivity index (χ4n) is 2.00. The highest BCUT2D eigenvalue weighted by molar-refractivity contribution is 6.30. The van der Waals surface area contributed by atoms with Crippen LogP contribution in [0.2, 0.25) is 5.02 Å². The van der Waals surface area contributed by atoms with Gasteiger partial charge < -0.3 is 9.47 Å². The fourth-order valence-corrected chi connectivity index (χ4v) is 2.13. The van der Waals surface area contributed by atoms with Crippen LogP contribution >= 0.6 is 11.6 Å². The van der Waals surface area contributed by atoms with Gasteiger partial charge in [-0.2, -0.15) is 0 Å². The van der Waals surface area contributed by atoms with Gasteiger partial charge in [-0.3, -0.25) is 0 Å². The molecule has 0 fully saturated rings. The van der Waals surface area contributed by atoms with Crippen molar-refractivity contribution in [1.29, 1.82) is 0 Å². The number of carbonyl (C=O) groups is 1. The van der Waals surface area contributed by atoms with Gasteiger partial charge in [0.05, 0.1) is 20.5 Å². The molecule has 0 N–H and O–H groups in total. The average Bonchev–Trinajstić information content (AvgIpc) is 2.59. The first-order valence-corrected chi connectivity index (χ1v) is 7.37. The Balaban J connectivity index is 2.17. The largest absolute Gasteiger partial charge is 0.503 e. The predicted octanol–water partition coefficient (Wildman–Crippen LogP) is 4.67. The van der Waals surface area contributed by atoms with Gasteiger partial charge in [-0.15, -0.1) is 0 Å². The van der Waals surface area contributed by atoms with E-state index in [1.54, 1.807) is 0 Å². The molecular formula is C19H17ClO3. The Hall–Kier alpha value is -2.52. The summed E-state index contributed by atoms with van der Waals surface area (Å²) in [6, 6.07) is 15.1. The third-order valence-corrected chi connectivity index (χ3v) is 3.45. The van der Waals surface area contributed by atoms with Gasteiger partial charge in [-0.1, -0.05) is 60.2 Å². The molecule has 2 aromatic carbocycles. The second-order valence-corrected chi connectivity index (χ2v) is 5.20. The van der Waals surface area contributed by atoms with Gasteiger partial charge in [0, 0.05) is 5.02 Å². The molecule has 3 nitrogen and oxygen atoms in total. The first-order valence-electron chi connectivity index (χ1n) is 6.99. The van der Waals surface area contributed by atoms with Gasteiger partial charge in [0.2, 0.25) is 0 Å². The Morgan fingerprint density at radius 1 is 0.913 bits per heavy atom. The van der Waals surface area contributed by atoms with E-state index in [1.807, 2.05) is 60.7 Å². The van der Waals surface area contributed by atoms with Crippen LogP contribution in [0.15, 0.2) is 54.8 Å². The molecule has 0 unspecified atom stereocenters. The topological polar surface area (TPSA) is 35.5 Å². The SMILES string of the molecule is COC=C(C(=O)OC)c1ccc(C=Cc2ccc(Cl)cc2)cc1. The maximum absolute atomic E-state index is 11.7. The number of methoxy groups -OCH3 is 2. The van der Waals surface area contributed by atoms with E-state index in [0.29, 0.717) is 10.6 Å². The first kappa shape index (κ1) is 16.8. The Morgan fingerprint density at radius 3 is 1.91 bits per heavy atom. The Labute approximate surface area is 140 Å². The maximum Gasteiger partial charge on any atom is 0.341 e. The number of carbonyl (C=O) groups excluding carboxylic acids is 1. The third-order valence-electron chi connectivity index (χ3n) is 3.20. The molecule has 0 radical (unpaired) electrons. The summed E-state index contributed by atoms with van der Waals surface area (Å²) in [7, 11) is 2.83. The molecule has 0 heterocycles. The van der Waals surface area contributed by atoms with Crippen molar-refractivity contribution < 1.29 is 14.3 Å². The quantitative estimate of drug-likeness (QED) is 0.346. The van der Waals surface area contributed by atoms with E-state index < -0.39 is 5.97 Å². The summed E-state index contributed by atoms with van der Waals surface area (Å²) in [5, 5.41) is 0.715. The fraction of sp³-hybridized carbons (Fsp3) is 0.105. The molecule has 0 amide bonds. The average molecular weight is 329 g/mol. The maximum atomic E-state index is 11.7. The van der Waals surface area contributed by atoms with Crippen LogP contribution in [-0.4, -0.2) is 20.2 Å². The van der Waals surface area contributed by atoms with Crippen molar-refractivity contribution in [2.24, 2.45) is 0 Å². The summed E-state index contributed by atoms with van der Waals surface area (Å²) in [5.41, 5.74) is 3.20. The minimum Gasteiger partial charge on any atom is -0.503 e. The van der Waals surface area contributed by atoms with Crippen LogP contribution in [-0.2, 0) is 14.3 Å². The molecule has 0 aliphatic carbocycles. The lowest BCUT2D eigenvalue weighted by Gasteiger charge is -2.05. The van der Waals surface area contributed by atoms with E-state index in [4.69, 9.17) is 21.1 Å². The van der Waals surface area contributed by atoms with Crippen molar-refractivity contribution in [3.8, 4) is 0 Å². The zero-order valence-corrected chi connectivity index (χ0v) is 13.7. The molecule has 4 heteroatoms. The summed E-state index contributed by atoms with van der Waals surface area (Å²) < 4.78 is 9.69. The standard InChI is InChI=1S/C19H17ClO3/c1-22-13-18(19(21)23-2)16-9-5-14(6-10-16)3-4-15-7-11-17(20)12-8-15/h3-13H,1-2H3. The molecule has 118 valence electrons. The predicted molar refractivity (Wildman–Crippen MR) is 93.8 cm³/mol. The third kappa shape index (κ3) is 4.73.